The summed E-state index contributed by atoms with van der Waals surface area (Å²) in [6, 6.07) is 2.13. The van der Waals surface area contributed by atoms with Crippen molar-refractivity contribution in [1.29, 1.82) is 0 Å². The Morgan fingerprint density at radius 1 is 1.41 bits per heavy atom. The van der Waals surface area contributed by atoms with Gasteiger partial charge in [-0.1, -0.05) is 5.16 Å². The molecule has 0 radical (unpaired) electrons. The van der Waals surface area contributed by atoms with Crippen molar-refractivity contribution in [2.45, 2.75) is 64.0 Å². The second-order valence-corrected chi connectivity index (χ2v) is 7.30. The quantitative estimate of drug-likeness (QED) is 0.929. The molecule has 1 aliphatic heterocycles. The number of amides is 1. The summed E-state index contributed by atoms with van der Waals surface area (Å²) < 4.78 is 10.8. The summed E-state index contributed by atoms with van der Waals surface area (Å²) >= 11 is 0. The number of piperidine rings is 1. The standard InChI is InChI=1S/C16H25N3O3/c1-16(2,3)21-15(20)17-12-5-4-8-19(10-12)14-9-13(18-22-14)11-6-7-11/h9,11-12H,4-8,10H2,1-3H3,(H,17,20)/t12-/m1/s1. The Labute approximate surface area is 131 Å². The molecular weight excluding hydrogens is 282 g/mol. The fourth-order valence-electron chi connectivity index (χ4n) is 2.77. The first kappa shape index (κ1) is 15.2. The van der Waals surface area contributed by atoms with Crippen molar-refractivity contribution >= 4 is 12.0 Å². The molecule has 3 rings (SSSR count). The van der Waals surface area contributed by atoms with Gasteiger partial charge in [0.1, 0.15) is 5.60 Å². The van der Waals surface area contributed by atoms with Gasteiger partial charge in [0.2, 0.25) is 5.88 Å². The highest BCUT2D eigenvalue weighted by molar-refractivity contribution is 5.68. The number of hydrogen-bond donors (Lipinski definition) is 1. The topological polar surface area (TPSA) is 67.6 Å². The first-order valence-corrected chi connectivity index (χ1v) is 8.12. The Morgan fingerprint density at radius 3 is 2.86 bits per heavy atom. The van der Waals surface area contributed by atoms with Gasteiger partial charge >= 0.3 is 6.09 Å². The van der Waals surface area contributed by atoms with E-state index in [2.05, 4.69) is 15.4 Å². The van der Waals surface area contributed by atoms with E-state index < -0.39 is 5.60 Å². The monoisotopic (exact) mass is 307 g/mol. The van der Waals surface area contributed by atoms with E-state index in [1.165, 1.54) is 12.8 Å². The van der Waals surface area contributed by atoms with Crippen molar-refractivity contribution in [1.82, 2.24) is 10.5 Å². The third-order valence-electron chi connectivity index (χ3n) is 3.97. The van der Waals surface area contributed by atoms with Crippen LogP contribution >= 0.6 is 0 Å². The highest BCUT2D eigenvalue weighted by Gasteiger charge is 2.30. The molecule has 6 heteroatoms. The largest absolute Gasteiger partial charge is 0.444 e. The molecule has 1 amide bonds. The van der Waals surface area contributed by atoms with E-state index in [1.54, 1.807) is 0 Å². The second kappa shape index (κ2) is 5.82. The molecule has 1 aromatic heterocycles. The number of nitrogens with one attached hydrogen (secondary N) is 1. The minimum atomic E-state index is -0.470. The van der Waals surface area contributed by atoms with E-state index in [9.17, 15) is 4.79 Å². The maximum Gasteiger partial charge on any atom is 0.407 e. The normalized spacial score (nSPS) is 22.5. The van der Waals surface area contributed by atoms with Crippen molar-refractivity contribution < 1.29 is 14.1 Å². The van der Waals surface area contributed by atoms with Crippen molar-refractivity contribution in [3.05, 3.63) is 11.8 Å². The van der Waals surface area contributed by atoms with E-state index >= 15 is 0 Å². The van der Waals surface area contributed by atoms with Crippen LogP contribution in [-0.4, -0.2) is 36.0 Å². The van der Waals surface area contributed by atoms with Crippen LogP contribution in [0.2, 0.25) is 0 Å². The molecule has 2 heterocycles. The van der Waals surface area contributed by atoms with E-state index in [0.29, 0.717) is 5.92 Å². The molecule has 2 fully saturated rings. The Hall–Kier alpha value is -1.72. The SMILES string of the molecule is CC(C)(C)OC(=O)N[C@@H]1CCCN(c2cc(C3CC3)no2)C1. The molecule has 6 nitrogen and oxygen atoms in total. The number of hydrogen-bond acceptors (Lipinski definition) is 5. The lowest BCUT2D eigenvalue weighted by Gasteiger charge is -2.33. The summed E-state index contributed by atoms with van der Waals surface area (Å²) in [5.41, 5.74) is 0.597. The molecule has 0 aromatic carbocycles. The third kappa shape index (κ3) is 3.93. The van der Waals surface area contributed by atoms with Crippen LogP contribution in [0.3, 0.4) is 0 Å². The van der Waals surface area contributed by atoms with Gasteiger partial charge in [-0.05, 0) is 46.5 Å². The fraction of sp³-hybridized carbons (Fsp3) is 0.750. The molecule has 1 saturated heterocycles. The first-order chi connectivity index (χ1) is 10.4. The molecule has 2 aliphatic rings. The lowest BCUT2D eigenvalue weighted by atomic mass is 10.1. The number of alkyl carbamates (subject to hydrolysis) is 1. The van der Waals surface area contributed by atoms with Crippen molar-refractivity contribution in [3.63, 3.8) is 0 Å². The average molecular weight is 307 g/mol. The van der Waals surface area contributed by atoms with Crippen LogP contribution in [0, 0.1) is 0 Å². The van der Waals surface area contributed by atoms with Crippen LogP contribution in [-0.2, 0) is 4.74 Å². The molecule has 1 aromatic rings. The number of nitrogens with zero attached hydrogens (tertiary/aromatic N) is 2. The second-order valence-electron chi connectivity index (χ2n) is 7.30. The lowest BCUT2D eigenvalue weighted by molar-refractivity contribution is 0.0499. The van der Waals surface area contributed by atoms with Crippen molar-refractivity contribution in [2.75, 3.05) is 18.0 Å². The Bertz CT molecular complexity index is 531. The third-order valence-corrected chi connectivity index (χ3v) is 3.97. The van der Waals surface area contributed by atoms with E-state index in [1.807, 2.05) is 26.8 Å². The molecule has 1 saturated carbocycles. The number of carbonyl (C=O) groups excluding carboxylic acids is 1. The van der Waals surface area contributed by atoms with E-state index in [0.717, 1.165) is 37.5 Å². The average Bonchev–Trinajstić information content (AvgIpc) is 3.14. The van der Waals surface area contributed by atoms with E-state index in [4.69, 9.17) is 9.26 Å². The van der Waals surface area contributed by atoms with Gasteiger partial charge in [-0.3, -0.25) is 0 Å². The Morgan fingerprint density at radius 2 is 2.18 bits per heavy atom. The van der Waals surface area contributed by atoms with Gasteiger partial charge in [-0.25, -0.2) is 4.79 Å². The molecule has 122 valence electrons. The van der Waals surface area contributed by atoms with Crippen molar-refractivity contribution in [3.8, 4) is 0 Å². The highest BCUT2D eigenvalue weighted by Crippen LogP contribution is 2.40. The van der Waals surface area contributed by atoms with Gasteiger partial charge in [0.15, 0.2) is 0 Å². The smallest absolute Gasteiger partial charge is 0.407 e. The van der Waals surface area contributed by atoms with Gasteiger partial charge in [-0.2, -0.15) is 0 Å². The van der Waals surface area contributed by atoms with Crippen LogP contribution in [0.1, 0.15) is 58.1 Å². The van der Waals surface area contributed by atoms with Crippen LogP contribution < -0.4 is 10.2 Å². The maximum absolute atomic E-state index is 11.9. The zero-order valence-corrected chi connectivity index (χ0v) is 13.6. The summed E-state index contributed by atoms with van der Waals surface area (Å²) in [4.78, 5) is 14.0. The van der Waals surface area contributed by atoms with Gasteiger partial charge in [0.25, 0.3) is 0 Å². The lowest BCUT2D eigenvalue weighted by Crippen LogP contribution is -2.49. The Balaban J connectivity index is 1.55. The van der Waals surface area contributed by atoms with Crippen LogP contribution in [0.4, 0.5) is 10.7 Å². The summed E-state index contributed by atoms with van der Waals surface area (Å²) in [5, 5.41) is 7.11. The first-order valence-electron chi connectivity index (χ1n) is 8.12. The molecule has 1 aliphatic carbocycles. The maximum atomic E-state index is 11.9. The minimum Gasteiger partial charge on any atom is -0.444 e. The minimum absolute atomic E-state index is 0.0816. The van der Waals surface area contributed by atoms with Gasteiger partial charge in [-0.15, -0.1) is 0 Å². The molecule has 0 unspecified atom stereocenters. The zero-order chi connectivity index (χ0) is 15.7. The van der Waals surface area contributed by atoms with Gasteiger partial charge in [0.05, 0.1) is 5.69 Å². The molecule has 1 atom stereocenters. The predicted molar refractivity (Wildman–Crippen MR) is 83.1 cm³/mol. The van der Waals surface area contributed by atoms with Gasteiger partial charge < -0.3 is 19.5 Å². The number of ether oxygens (including phenoxy) is 1. The fourth-order valence-corrected chi connectivity index (χ4v) is 2.77. The van der Waals surface area contributed by atoms with Gasteiger partial charge in [0, 0.05) is 31.1 Å². The molecular formula is C16H25N3O3. The summed E-state index contributed by atoms with van der Waals surface area (Å²) in [6.07, 6.45) is 4.05. The molecule has 1 N–H and O–H groups in total. The molecule has 0 bridgehead atoms. The summed E-state index contributed by atoms with van der Waals surface area (Å²) in [7, 11) is 0. The van der Waals surface area contributed by atoms with Crippen LogP contribution in [0.15, 0.2) is 10.6 Å². The van der Waals surface area contributed by atoms with Crippen LogP contribution in [0.5, 0.6) is 0 Å². The van der Waals surface area contributed by atoms with Crippen molar-refractivity contribution in [2.24, 2.45) is 0 Å². The van der Waals surface area contributed by atoms with E-state index in [-0.39, 0.29) is 12.1 Å². The molecule has 0 spiro atoms. The number of carbonyl (C=O) groups is 1. The zero-order valence-electron chi connectivity index (χ0n) is 13.6. The van der Waals surface area contributed by atoms with Crippen LogP contribution in [0.25, 0.3) is 0 Å². The highest BCUT2D eigenvalue weighted by atomic mass is 16.6. The summed E-state index contributed by atoms with van der Waals surface area (Å²) in [5.74, 6) is 1.41. The number of rotatable bonds is 3. The number of aromatic nitrogens is 1. The number of anilines is 1. The summed E-state index contributed by atoms with van der Waals surface area (Å²) in [6.45, 7) is 7.28. The Kier molecular flexibility index (Phi) is 4.02. The predicted octanol–water partition coefficient (Wildman–Crippen LogP) is 3.05. The molecule has 22 heavy (non-hydrogen) atoms.